The molecule has 0 radical (unpaired) electrons. The maximum atomic E-state index is 5.83. The average molecular weight is 292 g/mol. The van der Waals surface area contributed by atoms with E-state index in [2.05, 4.69) is 22.2 Å². The highest BCUT2D eigenvalue weighted by molar-refractivity contribution is 6.30. The number of aromatic nitrogens is 2. The molecule has 0 amide bonds. The number of anilines is 1. The Morgan fingerprint density at radius 1 is 1.20 bits per heavy atom. The van der Waals surface area contributed by atoms with Crippen molar-refractivity contribution in [3.05, 3.63) is 46.9 Å². The first-order valence-corrected chi connectivity index (χ1v) is 7.02. The second kappa shape index (κ2) is 7.10. The molecule has 0 fully saturated rings. The van der Waals surface area contributed by atoms with Crippen molar-refractivity contribution in [3.8, 4) is 5.75 Å². The van der Waals surface area contributed by atoms with Gasteiger partial charge in [-0.3, -0.25) is 0 Å². The third-order valence-electron chi connectivity index (χ3n) is 2.64. The number of hydrogen-bond donors (Lipinski definition) is 1. The van der Waals surface area contributed by atoms with Crippen LogP contribution in [0.25, 0.3) is 0 Å². The highest BCUT2D eigenvalue weighted by Crippen LogP contribution is 2.16. The van der Waals surface area contributed by atoms with Crippen LogP contribution in [0.1, 0.15) is 24.9 Å². The van der Waals surface area contributed by atoms with E-state index >= 15 is 0 Å². The molecule has 0 unspecified atom stereocenters. The summed E-state index contributed by atoms with van der Waals surface area (Å²) in [4.78, 5) is 8.80. The van der Waals surface area contributed by atoms with Crippen molar-refractivity contribution in [1.29, 1.82) is 0 Å². The molecule has 5 heteroatoms. The zero-order valence-electron chi connectivity index (χ0n) is 11.7. The third kappa shape index (κ3) is 4.38. The van der Waals surface area contributed by atoms with Gasteiger partial charge in [-0.05, 0) is 37.6 Å². The molecule has 2 rings (SSSR count). The lowest BCUT2D eigenvalue weighted by Crippen LogP contribution is -2.08. The molecule has 0 aliphatic rings. The van der Waals surface area contributed by atoms with Gasteiger partial charge in [0, 0.05) is 23.3 Å². The summed E-state index contributed by atoms with van der Waals surface area (Å²) >= 11 is 5.83. The lowest BCUT2D eigenvalue weighted by atomic mass is 10.3. The lowest BCUT2D eigenvalue weighted by molar-refractivity contribution is 0.295. The first kappa shape index (κ1) is 14.6. The highest BCUT2D eigenvalue weighted by atomic mass is 35.5. The molecule has 1 aromatic heterocycles. The molecular formula is C15H18ClN3O. The van der Waals surface area contributed by atoms with Gasteiger partial charge in [0.2, 0.25) is 0 Å². The van der Waals surface area contributed by atoms with Crippen LogP contribution in [0.2, 0.25) is 5.02 Å². The number of benzene rings is 1. The Morgan fingerprint density at radius 2 is 1.95 bits per heavy atom. The summed E-state index contributed by atoms with van der Waals surface area (Å²) < 4.78 is 5.65. The first-order chi connectivity index (χ1) is 9.67. The van der Waals surface area contributed by atoms with Crippen LogP contribution in [0.5, 0.6) is 5.75 Å². The summed E-state index contributed by atoms with van der Waals surface area (Å²) in [6.45, 7) is 5.30. The van der Waals surface area contributed by atoms with Gasteiger partial charge in [-0.2, -0.15) is 0 Å². The Labute approximate surface area is 124 Å². The zero-order chi connectivity index (χ0) is 14.4. The third-order valence-corrected chi connectivity index (χ3v) is 2.89. The van der Waals surface area contributed by atoms with Gasteiger partial charge in [-0.15, -0.1) is 0 Å². The van der Waals surface area contributed by atoms with Gasteiger partial charge in [0.25, 0.3) is 0 Å². The summed E-state index contributed by atoms with van der Waals surface area (Å²) in [6, 6.07) is 9.18. The van der Waals surface area contributed by atoms with Crippen LogP contribution in [0, 0.1) is 6.92 Å². The number of aryl methyl sites for hydroxylation is 1. The molecule has 0 saturated heterocycles. The molecule has 0 aliphatic heterocycles. The van der Waals surface area contributed by atoms with Crippen LogP contribution < -0.4 is 10.1 Å². The SMILES string of the molecule is CCCNc1cc(C)nc(COc2ccc(Cl)cc2)n1. The van der Waals surface area contributed by atoms with Crippen molar-refractivity contribution in [1.82, 2.24) is 9.97 Å². The van der Waals surface area contributed by atoms with Crippen molar-refractivity contribution in [2.24, 2.45) is 0 Å². The second-order valence-corrected chi connectivity index (χ2v) is 4.92. The largest absolute Gasteiger partial charge is 0.486 e. The average Bonchev–Trinajstić information content (AvgIpc) is 2.44. The Morgan fingerprint density at radius 3 is 2.65 bits per heavy atom. The molecule has 2 aromatic rings. The number of rotatable bonds is 6. The van der Waals surface area contributed by atoms with Crippen molar-refractivity contribution >= 4 is 17.4 Å². The maximum Gasteiger partial charge on any atom is 0.168 e. The van der Waals surface area contributed by atoms with Crippen molar-refractivity contribution in [2.45, 2.75) is 26.9 Å². The topological polar surface area (TPSA) is 47.0 Å². The molecule has 0 saturated carbocycles. The standard InChI is InChI=1S/C15H18ClN3O/c1-3-8-17-14-9-11(2)18-15(19-14)10-20-13-6-4-12(16)5-7-13/h4-7,9H,3,8,10H2,1-2H3,(H,17,18,19). The molecule has 20 heavy (non-hydrogen) atoms. The van der Waals surface area contributed by atoms with Crippen LogP contribution >= 0.6 is 11.6 Å². The van der Waals surface area contributed by atoms with Crippen LogP contribution in [-0.4, -0.2) is 16.5 Å². The quantitative estimate of drug-likeness (QED) is 0.878. The highest BCUT2D eigenvalue weighted by Gasteiger charge is 2.03. The monoisotopic (exact) mass is 291 g/mol. The fraction of sp³-hybridized carbons (Fsp3) is 0.333. The summed E-state index contributed by atoms with van der Waals surface area (Å²) in [6.07, 6.45) is 1.06. The molecular weight excluding hydrogens is 274 g/mol. The van der Waals surface area contributed by atoms with E-state index in [1.807, 2.05) is 25.1 Å². The van der Waals surface area contributed by atoms with Gasteiger partial charge < -0.3 is 10.1 Å². The van der Waals surface area contributed by atoms with Gasteiger partial charge in [-0.1, -0.05) is 18.5 Å². The molecule has 1 heterocycles. The predicted molar refractivity (Wildman–Crippen MR) is 81.3 cm³/mol. The number of hydrogen-bond acceptors (Lipinski definition) is 4. The van der Waals surface area contributed by atoms with E-state index in [4.69, 9.17) is 16.3 Å². The molecule has 1 N–H and O–H groups in total. The minimum atomic E-state index is 0.337. The van der Waals surface area contributed by atoms with Crippen molar-refractivity contribution < 1.29 is 4.74 Å². The molecule has 0 spiro atoms. The predicted octanol–water partition coefficient (Wildman–Crippen LogP) is 3.84. The molecule has 0 atom stereocenters. The van der Waals surface area contributed by atoms with E-state index in [-0.39, 0.29) is 0 Å². The summed E-state index contributed by atoms with van der Waals surface area (Å²) in [7, 11) is 0. The van der Waals surface area contributed by atoms with E-state index in [0.29, 0.717) is 17.5 Å². The smallest absolute Gasteiger partial charge is 0.168 e. The Balaban J connectivity index is 2.01. The molecule has 0 aliphatic carbocycles. The van der Waals surface area contributed by atoms with Gasteiger partial charge in [0.05, 0.1) is 0 Å². The second-order valence-electron chi connectivity index (χ2n) is 4.48. The van der Waals surface area contributed by atoms with E-state index in [1.54, 1.807) is 12.1 Å². The molecule has 0 bridgehead atoms. The zero-order valence-corrected chi connectivity index (χ0v) is 12.4. The summed E-state index contributed by atoms with van der Waals surface area (Å²) in [5, 5.41) is 3.95. The summed E-state index contributed by atoms with van der Waals surface area (Å²) in [5.74, 6) is 2.26. The van der Waals surface area contributed by atoms with Gasteiger partial charge in [-0.25, -0.2) is 9.97 Å². The van der Waals surface area contributed by atoms with E-state index in [0.717, 1.165) is 30.2 Å². The minimum Gasteiger partial charge on any atom is -0.486 e. The lowest BCUT2D eigenvalue weighted by Gasteiger charge is -2.09. The van der Waals surface area contributed by atoms with Crippen molar-refractivity contribution in [3.63, 3.8) is 0 Å². The van der Waals surface area contributed by atoms with Crippen LogP contribution in [0.3, 0.4) is 0 Å². The Kier molecular flexibility index (Phi) is 5.18. The molecule has 4 nitrogen and oxygen atoms in total. The fourth-order valence-electron chi connectivity index (χ4n) is 1.72. The van der Waals surface area contributed by atoms with Crippen molar-refractivity contribution in [2.75, 3.05) is 11.9 Å². The molecule has 1 aromatic carbocycles. The number of ether oxygens (including phenoxy) is 1. The normalized spacial score (nSPS) is 10.3. The number of nitrogens with one attached hydrogen (secondary N) is 1. The van der Waals surface area contributed by atoms with Crippen LogP contribution in [-0.2, 0) is 6.61 Å². The van der Waals surface area contributed by atoms with E-state index < -0.39 is 0 Å². The summed E-state index contributed by atoms with van der Waals surface area (Å²) in [5.41, 5.74) is 0.924. The van der Waals surface area contributed by atoms with E-state index in [9.17, 15) is 0 Å². The first-order valence-electron chi connectivity index (χ1n) is 6.64. The maximum absolute atomic E-state index is 5.83. The van der Waals surface area contributed by atoms with Gasteiger partial charge in [0.15, 0.2) is 5.82 Å². The van der Waals surface area contributed by atoms with Gasteiger partial charge >= 0.3 is 0 Å². The van der Waals surface area contributed by atoms with Crippen LogP contribution in [0.4, 0.5) is 5.82 Å². The Hall–Kier alpha value is -1.81. The Bertz CT molecular complexity index is 558. The molecule has 106 valence electrons. The minimum absolute atomic E-state index is 0.337. The number of halogens is 1. The van der Waals surface area contributed by atoms with Gasteiger partial charge in [0.1, 0.15) is 18.2 Å². The number of nitrogens with zero attached hydrogens (tertiary/aromatic N) is 2. The van der Waals surface area contributed by atoms with Crippen LogP contribution in [0.15, 0.2) is 30.3 Å². The van der Waals surface area contributed by atoms with E-state index in [1.165, 1.54) is 0 Å². The fourth-order valence-corrected chi connectivity index (χ4v) is 1.84.